The number of likely N-dealkylation sites (tertiary alicyclic amines) is 1. The summed E-state index contributed by atoms with van der Waals surface area (Å²) in [5.74, 6) is 0.197. The van der Waals surface area contributed by atoms with Gasteiger partial charge in [-0.1, -0.05) is 60.7 Å². The summed E-state index contributed by atoms with van der Waals surface area (Å²) < 4.78 is 0. The lowest BCUT2D eigenvalue weighted by Crippen LogP contribution is -2.51. The maximum Gasteiger partial charge on any atom is 0.237 e. The van der Waals surface area contributed by atoms with Crippen LogP contribution in [0.15, 0.2) is 60.7 Å². The Labute approximate surface area is 193 Å². The van der Waals surface area contributed by atoms with Crippen molar-refractivity contribution in [1.82, 2.24) is 20.0 Å². The second kappa shape index (κ2) is 11.6. The molecule has 2 heterocycles. The normalized spacial score (nSPS) is 20.5. The predicted octanol–water partition coefficient (Wildman–Crippen LogP) is 3.36. The summed E-state index contributed by atoms with van der Waals surface area (Å²) in [6.07, 6.45) is 3.19. The minimum absolute atomic E-state index is 0.0611. The van der Waals surface area contributed by atoms with Crippen molar-refractivity contribution < 1.29 is 4.79 Å². The molecule has 0 spiro atoms. The fraction of sp³-hybridized carbons (Fsp3) is 0.519. The largest absolute Gasteiger partial charge is 0.352 e. The Balaban J connectivity index is 1.19. The summed E-state index contributed by atoms with van der Waals surface area (Å²) in [7, 11) is 0. The number of nitrogens with one attached hydrogen (secondary N) is 1. The SMILES string of the molecule is CC(C(=O)NC1CCN(Cc2ccccc2)CC1)N1CCCN(Cc2ccccc2)CC1. The molecule has 2 aromatic rings. The topological polar surface area (TPSA) is 38.8 Å². The van der Waals surface area contributed by atoms with Crippen LogP contribution in [0.2, 0.25) is 0 Å². The first-order valence-corrected chi connectivity index (χ1v) is 12.2. The number of carbonyl (C=O) groups excluding carboxylic acids is 1. The molecule has 32 heavy (non-hydrogen) atoms. The molecule has 5 nitrogen and oxygen atoms in total. The fourth-order valence-corrected chi connectivity index (χ4v) is 4.94. The Morgan fingerprint density at radius 3 is 1.97 bits per heavy atom. The molecule has 2 saturated heterocycles. The number of piperidine rings is 1. The molecular formula is C27H38N4O. The van der Waals surface area contributed by atoms with E-state index in [1.54, 1.807) is 0 Å². The molecule has 0 aliphatic carbocycles. The van der Waals surface area contributed by atoms with E-state index >= 15 is 0 Å². The second-order valence-corrected chi connectivity index (χ2v) is 9.37. The van der Waals surface area contributed by atoms with Gasteiger partial charge in [0.25, 0.3) is 0 Å². The van der Waals surface area contributed by atoms with E-state index in [-0.39, 0.29) is 11.9 Å². The van der Waals surface area contributed by atoms with Crippen LogP contribution in [0.5, 0.6) is 0 Å². The molecule has 2 fully saturated rings. The lowest BCUT2D eigenvalue weighted by Gasteiger charge is -2.34. The van der Waals surface area contributed by atoms with Gasteiger partial charge in [0.15, 0.2) is 0 Å². The number of carbonyl (C=O) groups is 1. The highest BCUT2D eigenvalue weighted by Crippen LogP contribution is 2.15. The summed E-state index contributed by atoms with van der Waals surface area (Å²) in [6.45, 7) is 10.2. The highest BCUT2D eigenvalue weighted by Gasteiger charge is 2.27. The molecule has 172 valence electrons. The second-order valence-electron chi connectivity index (χ2n) is 9.37. The molecule has 1 amide bonds. The lowest BCUT2D eigenvalue weighted by atomic mass is 10.0. The molecule has 2 aliphatic rings. The molecule has 1 unspecified atom stereocenters. The van der Waals surface area contributed by atoms with E-state index in [9.17, 15) is 4.79 Å². The smallest absolute Gasteiger partial charge is 0.237 e. The minimum atomic E-state index is -0.0611. The summed E-state index contributed by atoms with van der Waals surface area (Å²) in [4.78, 5) is 20.4. The average Bonchev–Trinajstić information content (AvgIpc) is 3.07. The van der Waals surface area contributed by atoms with Crippen LogP contribution in [0.1, 0.15) is 37.3 Å². The van der Waals surface area contributed by atoms with E-state index in [2.05, 4.69) is 87.6 Å². The first-order valence-electron chi connectivity index (χ1n) is 12.2. The highest BCUT2D eigenvalue weighted by molar-refractivity contribution is 5.81. The first-order chi connectivity index (χ1) is 15.7. The third-order valence-electron chi connectivity index (χ3n) is 6.98. The maximum atomic E-state index is 13.0. The molecule has 1 N–H and O–H groups in total. The highest BCUT2D eigenvalue weighted by atomic mass is 16.2. The van der Waals surface area contributed by atoms with Gasteiger partial charge in [-0.2, -0.15) is 0 Å². The van der Waals surface area contributed by atoms with Gasteiger partial charge in [0.2, 0.25) is 5.91 Å². The van der Waals surface area contributed by atoms with Crippen molar-refractivity contribution in [3.05, 3.63) is 71.8 Å². The number of amides is 1. The summed E-state index contributed by atoms with van der Waals surface area (Å²) >= 11 is 0. The van der Waals surface area contributed by atoms with E-state index in [1.807, 2.05) is 0 Å². The van der Waals surface area contributed by atoms with E-state index < -0.39 is 0 Å². The van der Waals surface area contributed by atoms with Crippen LogP contribution < -0.4 is 5.32 Å². The van der Waals surface area contributed by atoms with Crippen molar-refractivity contribution in [2.75, 3.05) is 39.3 Å². The maximum absolute atomic E-state index is 13.0. The molecule has 0 radical (unpaired) electrons. The van der Waals surface area contributed by atoms with Gasteiger partial charge in [0, 0.05) is 51.9 Å². The van der Waals surface area contributed by atoms with Gasteiger partial charge in [0.05, 0.1) is 6.04 Å². The van der Waals surface area contributed by atoms with Gasteiger partial charge in [-0.25, -0.2) is 0 Å². The van der Waals surface area contributed by atoms with Gasteiger partial charge in [-0.3, -0.25) is 19.5 Å². The van der Waals surface area contributed by atoms with Crippen LogP contribution in [-0.2, 0) is 17.9 Å². The van der Waals surface area contributed by atoms with Crippen LogP contribution in [0.3, 0.4) is 0 Å². The Morgan fingerprint density at radius 2 is 1.38 bits per heavy atom. The molecule has 0 saturated carbocycles. The van der Waals surface area contributed by atoms with Gasteiger partial charge in [-0.15, -0.1) is 0 Å². The average molecular weight is 435 g/mol. The zero-order valence-electron chi connectivity index (χ0n) is 19.5. The third kappa shape index (κ3) is 6.64. The summed E-state index contributed by atoms with van der Waals surface area (Å²) in [5, 5.41) is 3.35. The van der Waals surface area contributed by atoms with Crippen LogP contribution >= 0.6 is 0 Å². The first kappa shape index (κ1) is 23.0. The molecule has 0 aromatic heterocycles. The molecule has 5 heteroatoms. The fourth-order valence-electron chi connectivity index (χ4n) is 4.94. The Bertz CT molecular complexity index is 820. The zero-order valence-corrected chi connectivity index (χ0v) is 19.5. The molecule has 2 aromatic carbocycles. The summed E-state index contributed by atoms with van der Waals surface area (Å²) in [6, 6.07) is 21.6. The van der Waals surface area contributed by atoms with Crippen molar-refractivity contribution in [3.8, 4) is 0 Å². The van der Waals surface area contributed by atoms with E-state index in [1.165, 1.54) is 11.1 Å². The van der Waals surface area contributed by atoms with Gasteiger partial charge >= 0.3 is 0 Å². The van der Waals surface area contributed by atoms with Gasteiger partial charge < -0.3 is 5.32 Å². The van der Waals surface area contributed by atoms with Crippen molar-refractivity contribution in [1.29, 1.82) is 0 Å². The predicted molar refractivity (Wildman–Crippen MR) is 130 cm³/mol. The molecule has 1 atom stereocenters. The quantitative estimate of drug-likeness (QED) is 0.725. The monoisotopic (exact) mass is 434 g/mol. The van der Waals surface area contributed by atoms with Gasteiger partial charge in [-0.05, 0) is 43.9 Å². The third-order valence-corrected chi connectivity index (χ3v) is 6.98. The van der Waals surface area contributed by atoms with Gasteiger partial charge in [0.1, 0.15) is 0 Å². The van der Waals surface area contributed by atoms with Crippen LogP contribution in [0.25, 0.3) is 0 Å². The van der Waals surface area contributed by atoms with Crippen molar-refractivity contribution in [3.63, 3.8) is 0 Å². The Kier molecular flexibility index (Phi) is 8.32. The minimum Gasteiger partial charge on any atom is -0.352 e. The van der Waals surface area contributed by atoms with Crippen molar-refractivity contribution in [2.24, 2.45) is 0 Å². The summed E-state index contributed by atoms with van der Waals surface area (Å²) in [5.41, 5.74) is 2.73. The molecule has 2 aliphatic heterocycles. The van der Waals surface area contributed by atoms with Crippen molar-refractivity contribution >= 4 is 5.91 Å². The van der Waals surface area contributed by atoms with Crippen molar-refractivity contribution in [2.45, 2.75) is 51.4 Å². The van der Waals surface area contributed by atoms with Crippen LogP contribution in [-0.4, -0.2) is 72.0 Å². The van der Waals surface area contributed by atoms with Crippen LogP contribution in [0.4, 0.5) is 0 Å². The Hall–Kier alpha value is -2.21. The molecular weight excluding hydrogens is 396 g/mol. The van der Waals surface area contributed by atoms with E-state index in [0.717, 1.165) is 71.6 Å². The van der Waals surface area contributed by atoms with Crippen LogP contribution in [0, 0.1) is 0 Å². The number of benzene rings is 2. The number of nitrogens with zero attached hydrogens (tertiary/aromatic N) is 3. The van der Waals surface area contributed by atoms with E-state index in [0.29, 0.717) is 6.04 Å². The molecule has 4 rings (SSSR count). The number of rotatable bonds is 7. The van der Waals surface area contributed by atoms with E-state index in [4.69, 9.17) is 0 Å². The Morgan fingerprint density at radius 1 is 0.812 bits per heavy atom. The zero-order chi connectivity index (χ0) is 22.2. The number of hydrogen-bond donors (Lipinski definition) is 1. The standard InChI is InChI=1S/C27H38N4O/c1-23(31-16-8-15-29(19-20-31)21-24-9-4-2-5-10-24)27(32)28-26-13-17-30(18-14-26)22-25-11-6-3-7-12-25/h2-7,9-12,23,26H,8,13-22H2,1H3,(H,28,32). The lowest BCUT2D eigenvalue weighted by molar-refractivity contribution is -0.126. The number of hydrogen-bond acceptors (Lipinski definition) is 4. The molecule has 0 bridgehead atoms.